The molecule has 24 heavy (non-hydrogen) atoms. The number of carbonyl (C=O) groups is 1. The minimum atomic E-state index is 0.210. The highest BCUT2D eigenvalue weighted by Gasteiger charge is 2.51. The van der Waals surface area contributed by atoms with Gasteiger partial charge < -0.3 is 9.64 Å². The van der Waals surface area contributed by atoms with Crippen molar-refractivity contribution in [1.82, 2.24) is 14.8 Å². The summed E-state index contributed by atoms with van der Waals surface area (Å²) in [5.41, 5.74) is 1.33. The number of amides is 1. The van der Waals surface area contributed by atoms with Crippen molar-refractivity contribution in [3.63, 3.8) is 0 Å². The van der Waals surface area contributed by atoms with Crippen molar-refractivity contribution in [2.45, 2.75) is 39.2 Å². The van der Waals surface area contributed by atoms with Gasteiger partial charge in [-0.15, -0.1) is 11.3 Å². The smallest absolute Gasteiger partial charge is 0.226 e. The van der Waals surface area contributed by atoms with Crippen LogP contribution in [0.25, 0.3) is 0 Å². The molecular weight excluding hydrogens is 322 g/mol. The van der Waals surface area contributed by atoms with E-state index in [-0.39, 0.29) is 11.3 Å². The van der Waals surface area contributed by atoms with Gasteiger partial charge in [-0.25, -0.2) is 4.98 Å². The molecule has 3 aliphatic rings. The number of ether oxygens (including phenoxy) is 1. The first-order chi connectivity index (χ1) is 11.7. The highest BCUT2D eigenvalue weighted by atomic mass is 32.1. The van der Waals surface area contributed by atoms with E-state index in [9.17, 15) is 4.79 Å². The van der Waals surface area contributed by atoms with Gasteiger partial charge in [0, 0.05) is 36.6 Å². The number of nitrogens with zero attached hydrogens (tertiary/aromatic N) is 3. The quantitative estimate of drug-likeness (QED) is 0.840. The van der Waals surface area contributed by atoms with Crippen molar-refractivity contribution in [3.8, 4) is 0 Å². The molecule has 3 fully saturated rings. The summed E-state index contributed by atoms with van der Waals surface area (Å²) in [6, 6.07) is 0. The molecule has 1 aliphatic carbocycles. The second kappa shape index (κ2) is 6.73. The van der Waals surface area contributed by atoms with E-state index >= 15 is 0 Å². The number of carbonyl (C=O) groups excluding carboxylic acids is 1. The summed E-state index contributed by atoms with van der Waals surface area (Å²) in [7, 11) is 0. The van der Waals surface area contributed by atoms with Crippen molar-refractivity contribution in [2.75, 3.05) is 39.4 Å². The Hall–Kier alpha value is -0.980. The maximum Gasteiger partial charge on any atom is 0.226 e. The van der Waals surface area contributed by atoms with Crippen molar-refractivity contribution >= 4 is 17.2 Å². The minimum Gasteiger partial charge on any atom is -0.378 e. The fourth-order valence-electron chi connectivity index (χ4n) is 4.80. The van der Waals surface area contributed by atoms with Gasteiger partial charge in [-0.05, 0) is 38.1 Å². The van der Waals surface area contributed by atoms with Crippen LogP contribution in [0.15, 0.2) is 5.38 Å². The van der Waals surface area contributed by atoms with Crippen LogP contribution in [0.3, 0.4) is 0 Å². The molecule has 3 heterocycles. The number of hydrogen-bond acceptors (Lipinski definition) is 5. The van der Waals surface area contributed by atoms with Crippen LogP contribution in [-0.4, -0.2) is 60.1 Å². The topological polar surface area (TPSA) is 45.7 Å². The zero-order chi connectivity index (χ0) is 16.6. The molecule has 0 N–H and O–H groups in total. The molecule has 2 atom stereocenters. The normalized spacial score (nSPS) is 31.2. The second-order valence-corrected chi connectivity index (χ2v) is 8.53. The molecule has 5 nitrogen and oxygen atoms in total. The monoisotopic (exact) mass is 349 g/mol. The van der Waals surface area contributed by atoms with Crippen LogP contribution in [0.5, 0.6) is 0 Å². The summed E-state index contributed by atoms with van der Waals surface area (Å²) in [5, 5.41) is 3.33. The van der Waals surface area contributed by atoms with Gasteiger partial charge in [0.15, 0.2) is 0 Å². The standard InChI is InChI=1S/C18H27N3O2S/c1-14-12-24-16(19-14)11-20-6-5-18(13-20)4-2-3-15(18)17(22)21-7-9-23-10-8-21/h12,15H,2-11,13H2,1H3/t15-,18+/m0/s1. The van der Waals surface area contributed by atoms with Crippen LogP contribution < -0.4 is 0 Å². The van der Waals surface area contributed by atoms with E-state index in [2.05, 4.69) is 22.2 Å². The molecular formula is C18H27N3O2S. The van der Waals surface area contributed by atoms with E-state index < -0.39 is 0 Å². The molecule has 0 bridgehead atoms. The second-order valence-electron chi connectivity index (χ2n) is 7.59. The van der Waals surface area contributed by atoms with Gasteiger partial charge >= 0.3 is 0 Å². The molecule has 0 aromatic carbocycles. The molecule has 1 aromatic rings. The molecule has 1 saturated carbocycles. The number of morpholine rings is 1. The number of rotatable bonds is 3. The lowest BCUT2D eigenvalue weighted by atomic mass is 9.76. The van der Waals surface area contributed by atoms with Crippen molar-refractivity contribution in [3.05, 3.63) is 16.1 Å². The van der Waals surface area contributed by atoms with E-state index in [0.29, 0.717) is 19.1 Å². The van der Waals surface area contributed by atoms with Crippen LogP contribution >= 0.6 is 11.3 Å². The molecule has 0 radical (unpaired) electrons. The molecule has 1 amide bonds. The molecule has 1 aromatic heterocycles. The summed E-state index contributed by atoms with van der Waals surface area (Å²) in [5.74, 6) is 0.612. The van der Waals surface area contributed by atoms with E-state index in [1.807, 2.05) is 4.90 Å². The number of aryl methyl sites for hydroxylation is 1. The summed E-state index contributed by atoms with van der Waals surface area (Å²) in [4.78, 5) is 22.2. The molecule has 2 saturated heterocycles. The Bertz CT molecular complexity index is 599. The third kappa shape index (κ3) is 3.11. The van der Waals surface area contributed by atoms with Gasteiger partial charge in [0.05, 0.1) is 19.8 Å². The van der Waals surface area contributed by atoms with Crippen LogP contribution in [0.2, 0.25) is 0 Å². The largest absolute Gasteiger partial charge is 0.378 e. The highest BCUT2D eigenvalue weighted by Crippen LogP contribution is 2.50. The average Bonchev–Trinajstić information content (AvgIpc) is 3.30. The average molecular weight is 350 g/mol. The van der Waals surface area contributed by atoms with Gasteiger partial charge in [0.1, 0.15) is 5.01 Å². The van der Waals surface area contributed by atoms with Gasteiger partial charge in [0.25, 0.3) is 0 Å². The highest BCUT2D eigenvalue weighted by molar-refractivity contribution is 7.09. The maximum absolute atomic E-state index is 13.1. The molecule has 2 aliphatic heterocycles. The third-order valence-corrected chi connectivity index (χ3v) is 6.97. The Labute approximate surface area is 148 Å². The Balaban J connectivity index is 1.43. The third-order valence-electron chi connectivity index (χ3n) is 6.02. The van der Waals surface area contributed by atoms with E-state index in [1.54, 1.807) is 11.3 Å². The first-order valence-electron chi connectivity index (χ1n) is 9.16. The lowest BCUT2D eigenvalue weighted by Gasteiger charge is -2.36. The first-order valence-corrected chi connectivity index (χ1v) is 10.0. The number of likely N-dealkylation sites (tertiary alicyclic amines) is 1. The van der Waals surface area contributed by atoms with Gasteiger partial charge in [-0.1, -0.05) is 6.42 Å². The predicted octanol–water partition coefficient (Wildman–Crippen LogP) is 2.30. The van der Waals surface area contributed by atoms with Gasteiger partial charge in [-0.2, -0.15) is 0 Å². The molecule has 132 valence electrons. The first kappa shape index (κ1) is 16.5. The Kier molecular flexibility index (Phi) is 4.62. The Morgan fingerprint density at radius 1 is 1.38 bits per heavy atom. The Morgan fingerprint density at radius 3 is 2.96 bits per heavy atom. The molecule has 4 rings (SSSR count). The maximum atomic E-state index is 13.1. The SMILES string of the molecule is Cc1csc(CN2CC[C@]3(CCC[C@H]3C(=O)N3CCOCC3)C2)n1. The Morgan fingerprint density at radius 2 is 2.21 bits per heavy atom. The fourth-order valence-corrected chi connectivity index (χ4v) is 5.62. The van der Waals surface area contributed by atoms with Crippen molar-refractivity contribution in [1.29, 1.82) is 0 Å². The van der Waals surface area contributed by atoms with Crippen LogP contribution in [0.4, 0.5) is 0 Å². The lowest BCUT2D eigenvalue weighted by Crippen LogP contribution is -2.47. The minimum absolute atomic E-state index is 0.210. The summed E-state index contributed by atoms with van der Waals surface area (Å²) < 4.78 is 5.41. The van der Waals surface area contributed by atoms with Crippen molar-refractivity contribution in [2.24, 2.45) is 11.3 Å². The van der Waals surface area contributed by atoms with E-state index in [4.69, 9.17) is 4.74 Å². The predicted molar refractivity (Wildman–Crippen MR) is 93.9 cm³/mol. The molecule has 1 spiro atoms. The fraction of sp³-hybridized carbons (Fsp3) is 0.778. The zero-order valence-corrected chi connectivity index (χ0v) is 15.3. The van der Waals surface area contributed by atoms with Crippen molar-refractivity contribution < 1.29 is 9.53 Å². The van der Waals surface area contributed by atoms with Crippen LogP contribution in [0, 0.1) is 18.3 Å². The number of aromatic nitrogens is 1. The van der Waals surface area contributed by atoms with Gasteiger partial charge in [0.2, 0.25) is 5.91 Å². The lowest BCUT2D eigenvalue weighted by molar-refractivity contribution is -0.143. The van der Waals surface area contributed by atoms with Gasteiger partial charge in [-0.3, -0.25) is 9.69 Å². The number of thiazole rings is 1. The summed E-state index contributed by atoms with van der Waals surface area (Å²) >= 11 is 1.76. The molecule has 0 unspecified atom stereocenters. The van der Waals surface area contributed by atoms with Crippen LogP contribution in [0.1, 0.15) is 36.4 Å². The van der Waals surface area contributed by atoms with E-state index in [1.165, 1.54) is 17.8 Å². The van der Waals surface area contributed by atoms with Crippen LogP contribution in [-0.2, 0) is 16.1 Å². The molecule has 6 heteroatoms. The summed E-state index contributed by atoms with van der Waals surface area (Å²) in [6.07, 6.45) is 4.64. The van der Waals surface area contributed by atoms with E-state index in [0.717, 1.165) is 51.3 Å². The summed E-state index contributed by atoms with van der Waals surface area (Å²) in [6.45, 7) is 8.10. The zero-order valence-electron chi connectivity index (χ0n) is 14.5. The number of hydrogen-bond donors (Lipinski definition) is 0.